The monoisotopic (exact) mass is 835 g/mol. The maximum absolute atomic E-state index is 15.7. The van der Waals surface area contributed by atoms with Crippen LogP contribution in [0.1, 0.15) is 132 Å². The van der Waals surface area contributed by atoms with Crippen molar-refractivity contribution in [3.05, 3.63) is 52.1 Å². The second kappa shape index (κ2) is 11.3. The van der Waals surface area contributed by atoms with E-state index < -0.39 is 87.2 Å². The van der Waals surface area contributed by atoms with Crippen LogP contribution < -0.4 is 4.18 Å². The second-order valence-electron chi connectivity index (χ2n) is 21.2. The molecule has 0 heterocycles. The Labute approximate surface area is 329 Å². The molecule has 12 saturated carbocycles. The molecule has 0 aliphatic heterocycles. The smallest absolute Gasteiger partial charge is 0.340 e. The highest BCUT2D eigenvalue weighted by molar-refractivity contribution is 7.87. The summed E-state index contributed by atoms with van der Waals surface area (Å²) in [5.41, 5.74) is -3.89. The van der Waals surface area contributed by atoms with Crippen LogP contribution in [0, 0.1) is 58.8 Å². The van der Waals surface area contributed by atoms with Gasteiger partial charge in [0.1, 0.15) is 19.9 Å². The highest BCUT2D eigenvalue weighted by Gasteiger charge is 2.64. The summed E-state index contributed by atoms with van der Waals surface area (Å²) in [5, 5.41) is 36.0. The molecule has 6 atom stereocenters. The third-order valence-corrected chi connectivity index (χ3v) is 19.0. The summed E-state index contributed by atoms with van der Waals surface area (Å²) in [6.45, 7) is 0. The van der Waals surface area contributed by atoms with Crippen molar-refractivity contribution in [2.45, 2.75) is 158 Å². The van der Waals surface area contributed by atoms with E-state index in [1.165, 1.54) is 0 Å². The summed E-state index contributed by atoms with van der Waals surface area (Å²) in [6, 6.07) is 3.76. The first-order chi connectivity index (χ1) is 26.5. The standard InChI is InChI=1S/C42H48F4O9S2/c43-30-32(45)36(56(50,51)52)33(46)31(44)34(30)55-57(53,54)35-28(38-8-23-2-24(9-38)15-41(48,14-23)19-38)4-27(37-6-21-1-22(7-37)13-40(47,12-21)18-37)5-29(35)39-10-25-3-26(11-39)17-42(49,16-25)20-39/h4-5,21-26,47-49H,1-3,6-20H2,(H,50,51,52)/p-1. The van der Waals surface area contributed by atoms with Crippen LogP contribution in [0.3, 0.4) is 0 Å². The topological polar surface area (TPSA) is 161 Å². The molecule has 0 saturated heterocycles. The summed E-state index contributed by atoms with van der Waals surface area (Å²) in [6.07, 6.45) is 11.0. The van der Waals surface area contributed by atoms with Crippen LogP contribution in [0.2, 0.25) is 0 Å². The Kier molecular flexibility index (Phi) is 7.49. The van der Waals surface area contributed by atoms with Gasteiger partial charge in [-0.3, -0.25) is 0 Å². The van der Waals surface area contributed by atoms with Crippen LogP contribution in [0.15, 0.2) is 21.9 Å². The van der Waals surface area contributed by atoms with Crippen molar-refractivity contribution < 1.29 is 58.5 Å². The van der Waals surface area contributed by atoms with Crippen LogP contribution in [0.25, 0.3) is 0 Å². The Balaban J connectivity index is 1.18. The minimum Gasteiger partial charge on any atom is -0.744 e. The predicted molar refractivity (Wildman–Crippen MR) is 192 cm³/mol. The number of hydrogen-bond acceptors (Lipinski definition) is 9. The molecular weight excluding hydrogens is 789 g/mol. The number of halogens is 4. The lowest BCUT2D eigenvalue weighted by molar-refractivity contribution is -0.140. The zero-order chi connectivity index (χ0) is 40.1. The van der Waals surface area contributed by atoms with Gasteiger partial charge >= 0.3 is 10.1 Å². The van der Waals surface area contributed by atoms with E-state index in [-0.39, 0.29) is 53.2 Å². The average molecular weight is 836 g/mol. The molecule has 0 aromatic heterocycles. The SMILES string of the molecule is O=S(=O)([O-])c1c(F)c(F)c(OS(=O)(=O)c2c(C34CC5CC(CC(O)(C5)C3)C4)cc(C34CC5CC(CC(O)(C5)C3)C4)cc2C23CC4CC(CC(O)(C4)C2)C3)c(F)c1F. The summed E-state index contributed by atoms with van der Waals surface area (Å²) >= 11 is 0. The van der Waals surface area contributed by atoms with Gasteiger partial charge in [0.15, 0.2) is 11.6 Å². The lowest BCUT2D eigenvalue weighted by Gasteiger charge is -2.63. The molecule has 12 fully saturated rings. The molecule has 9 nitrogen and oxygen atoms in total. The largest absolute Gasteiger partial charge is 0.744 e. The van der Waals surface area contributed by atoms with Crippen molar-refractivity contribution in [3.8, 4) is 5.75 Å². The maximum atomic E-state index is 15.7. The second-order valence-corrected chi connectivity index (χ2v) is 24.0. The summed E-state index contributed by atoms with van der Waals surface area (Å²) < 4.78 is 132. The minimum absolute atomic E-state index is 0.0695. The van der Waals surface area contributed by atoms with Crippen molar-refractivity contribution in [3.63, 3.8) is 0 Å². The van der Waals surface area contributed by atoms with Gasteiger partial charge in [0, 0.05) is 10.8 Å². The summed E-state index contributed by atoms with van der Waals surface area (Å²) in [7, 11) is -11.5. The molecule has 0 amide bonds. The molecule has 310 valence electrons. The van der Waals surface area contributed by atoms with Gasteiger partial charge in [-0.1, -0.05) is 12.1 Å². The Morgan fingerprint density at radius 1 is 0.526 bits per heavy atom. The molecule has 12 aliphatic carbocycles. The molecule has 2 aromatic rings. The molecule has 12 aliphatic rings. The highest BCUT2D eigenvalue weighted by atomic mass is 32.2. The molecule has 12 bridgehead atoms. The summed E-state index contributed by atoms with van der Waals surface area (Å²) in [5.74, 6) is -11.4. The molecule has 0 spiro atoms. The number of hydrogen-bond donors (Lipinski definition) is 3. The third-order valence-electron chi connectivity index (χ3n) is 16.8. The fourth-order valence-electron chi connectivity index (χ4n) is 16.6. The number of aliphatic hydroxyl groups is 3. The lowest BCUT2D eigenvalue weighted by atomic mass is 9.43. The van der Waals surface area contributed by atoms with Crippen molar-refractivity contribution in [2.24, 2.45) is 35.5 Å². The first-order valence-corrected chi connectivity index (χ1v) is 23.5. The van der Waals surface area contributed by atoms with Crippen molar-refractivity contribution in [2.75, 3.05) is 0 Å². The van der Waals surface area contributed by atoms with Gasteiger partial charge in [-0.05, 0) is 173 Å². The van der Waals surface area contributed by atoms with Crippen LogP contribution in [0.5, 0.6) is 5.75 Å². The van der Waals surface area contributed by atoms with Gasteiger partial charge in [-0.15, -0.1) is 0 Å². The Bertz CT molecular complexity index is 2240. The normalized spacial score (nSPS) is 45.0. The van der Waals surface area contributed by atoms with E-state index in [9.17, 15) is 28.3 Å². The van der Waals surface area contributed by atoms with Gasteiger partial charge in [0.25, 0.3) is 0 Å². The molecule has 14 rings (SSSR count). The quantitative estimate of drug-likeness (QED) is 0.120. The van der Waals surface area contributed by atoms with E-state index in [4.69, 9.17) is 4.18 Å². The Hall–Kier alpha value is -2.30. The van der Waals surface area contributed by atoms with Crippen LogP contribution >= 0.6 is 0 Å². The molecule has 2 aromatic carbocycles. The number of benzene rings is 2. The maximum Gasteiger partial charge on any atom is 0.340 e. The molecule has 57 heavy (non-hydrogen) atoms. The minimum atomic E-state index is -6.08. The molecule has 0 radical (unpaired) electrons. The first-order valence-electron chi connectivity index (χ1n) is 20.7. The Morgan fingerprint density at radius 3 is 1.19 bits per heavy atom. The van der Waals surface area contributed by atoms with Gasteiger partial charge in [0.2, 0.25) is 17.4 Å². The summed E-state index contributed by atoms with van der Waals surface area (Å²) in [4.78, 5) is -2.81. The van der Waals surface area contributed by atoms with Crippen molar-refractivity contribution in [1.82, 2.24) is 0 Å². The highest BCUT2D eigenvalue weighted by Crippen LogP contribution is 2.68. The van der Waals surface area contributed by atoms with Gasteiger partial charge < -0.3 is 24.1 Å². The molecule has 6 unspecified atom stereocenters. The zero-order valence-corrected chi connectivity index (χ0v) is 33.1. The average Bonchev–Trinajstić information content (AvgIpc) is 3.05. The van der Waals surface area contributed by atoms with E-state index in [0.29, 0.717) is 81.8 Å². The molecular formula is C42H47F4O9S2-. The predicted octanol–water partition coefficient (Wildman–Crippen LogP) is 6.66. The van der Waals surface area contributed by atoms with Crippen LogP contribution in [-0.4, -0.2) is 53.5 Å². The van der Waals surface area contributed by atoms with Crippen LogP contribution in [0.4, 0.5) is 17.6 Å². The van der Waals surface area contributed by atoms with Gasteiger partial charge in [0.05, 0.1) is 16.8 Å². The van der Waals surface area contributed by atoms with Crippen molar-refractivity contribution >= 4 is 20.2 Å². The van der Waals surface area contributed by atoms with E-state index >= 15 is 26.0 Å². The first kappa shape index (κ1) is 37.7. The lowest BCUT2D eigenvalue weighted by Crippen LogP contribution is -2.59. The molecule has 3 N–H and O–H groups in total. The van der Waals surface area contributed by atoms with Gasteiger partial charge in [-0.25, -0.2) is 17.2 Å². The van der Waals surface area contributed by atoms with E-state index in [2.05, 4.69) is 0 Å². The third kappa shape index (κ3) is 5.42. The van der Waals surface area contributed by atoms with E-state index in [1.54, 1.807) is 0 Å². The Morgan fingerprint density at radius 2 is 0.860 bits per heavy atom. The fourth-order valence-corrected chi connectivity index (χ4v) is 18.8. The van der Waals surface area contributed by atoms with Gasteiger partial charge in [-0.2, -0.15) is 17.2 Å². The fraction of sp³-hybridized carbons (Fsp3) is 0.714. The number of rotatable bonds is 7. The van der Waals surface area contributed by atoms with E-state index in [0.717, 1.165) is 37.7 Å². The molecule has 15 heteroatoms. The van der Waals surface area contributed by atoms with E-state index in [1.807, 2.05) is 12.1 Å². The zero-order valence-electron chi connectivity index (χ0n) is 31.5. The van der Waals surface area contributed by atoms with Crippen molar-refractivity contribution in [1.29, 1.82) is 0 Å². The van der Waals surface area contributed by atoms with Crippen LogP contribution in [-0.2, 0) is 36.5 Å².